The summed E-state index contributed by atoms with van der Waals surface area (Å²) >= 11 is 1.43. The number of aromatic hydroxyl groups is 1. The van der Waals surface area contributed by atoms with Gasteiger partial charge in [-0.1, -0.05) is 25.8 Å². The van der Waals surface area contributed by atoms with E-state index < -0.39 is 18.5 Å². The van der Waals surface area contributed by atoms with E-state index in [0.717, 1.165) is 83.1 Å². The second-order valence-electron chi connectivity index (χ2n) is 12.7. The summed E-state index contributed by atoms with van der Waals surface area (Å²) in [5.41, 5.74) is 2.74. The Morgan fingerprint density at radius 2 is 1.73 bits per heavy atom. The summed E-state index contributed by atoms with van der Waals surface area (Å²) in [4.78, 5) is 0. The number of hydrogen-bond donors (Lipinski definition) is 3. The number of hydrogen-bond acceptors (Lipinski definition) is 4. The topological polar surface area (TPSA) is 52.5 Å². The number of aliphatic hydroxyl groups is 1. The Morgan fingerprint density at radius 1 is 0.975 bits per heavy atom. The lowest BCUT2D eigenvalue weighted by molar-refractivity contribution is -0.284. The molecule has 1 aromatic carbocycles. The van der Waals surface area contributed by atoms with Gasteiger partial charge in [0.25, 0.3) is 0 Å². The fraction of sp³-hybridized carbons (Fsp3) is 0.806. The number of fused-ring (bicyclic) bond motifs is 5. The molecule has 2 saturated carbocycles. The molecule has 0 radical (unpaired) electrons. The lowest BCUT2D eigenvalue weighted by Crippen LogP contribution is -2.47. The second kappa shape index (κ2) is 13.5. The van der Waals surface area contributed by atoms with Crippen LogP contribution in [0.2, 0.25) is 0 Å². The third-order valence-corrected chi connectivity index (χ3v) is 11.2. The highest BCUT2D eigenvalue weighted by molar-refractivity contribution is 7.99. The van der Waals surface area contributed by atoms with E-state index in [0.29, 0.717) is 35.2 Å². The molecule has 3 aliphatic carbocycles. The van der Waals surface area contributed by atoms with Crippen LogP contribution < -0.4 is 5.32 Å². The minimum atomic E-state index is -5.45. The van der Waals surface area contributed by atoms with Crippen LogP contribution in [0.5, 0.6) is 5.75 Å². The Hall–Kier alpha value is -1.06. The molecular weight excluding hydrogens is 545 g/mol. The lowest BCUT2D eigenvalue weighted by atomic mass is 9.51. The summed E-state index contributed by atoms with van der Waals surface area (Å²) in [5.74, 6) is -0.922. The Morgan fingerprint density at radius 3 is 2.50 bits per heavy atom. The molecule has 0 amide bonds. The van der Waals surface area contributed by atoms with Crippen molar-refractivity contribution in [3.05, 3.63) is 29.3 Å². The Kier molecular flexibility index (Phi) is 10.8. The first-order valence-electron chi connectivity index (χ1n) is 15.2. The van der Waals surface area contributed by atoms with E-state index in [1.54, 1.807) is 0 Å². The minimum Gasteiger partial charge on any atom is -0.508 e. The van der Waals surface area contributed by atoms with Crippen LogP contribution in [-0.2, 0) is 6.42 Å². The summed E-state index contributed by atoms with van der Waals surface area (Å²) in [6.45, 7) is 4.06. The van der Waals surface area contributed by atoms with Crippen LogP contribution in [-0.4, -0.2) is 53.0 Å². The molecule has 3 N–H and O–H groups in total. The lowest BCUT2D eigenvalue weighted by Gasteiger charge is -2.54. The van der Waals surface area contributed by atoms with Gasteiger partial charge in [-0.3, -0.25) is 0 Å². The quantitative estimate of drug-likeness (QED) is 0.151. The van der Waals surface area contributed by atoms with Crippen molar-refractivity contribution in [2.45, 2.75) is 108 Å². The summed E-state index contributed by atoms with van der Waals surface area (Å²) in [5, 5.41) is 24.4. The SMILES string of the molecule is CC12C[C@H](CCCCCNCCCSCCCC(F)(F)C(F)(F)F)C3c4ccc(O)cc4CCC3C1CCC2O. The number of thioether (sulfide) groups is 1. The average Bonchev–Trinajstić information content (AvgIpc) is 3.19. The van der Waals surface area contributed by atoms with Gasteiger partial charge in [-0.05, 0) is 135 Å². The number of benzene rings is 1. The molecule has 228 valence electrons. The average molecular weight is 592 g/mol. The van der Waals surface area contributed by atoms with Crippen molar-refractivity contribution in [3.63, 3.8) is 0 Å². The number of unbranched alkanes of at least 4 members (excludes halogenated alkanes) is 2. The van der Waals surface area contributed by atoms with E-state index in [9.17, 15) is 32.2 Å². The highest BCUT2D eigenvalue weighted by Crippen LogP contribution is 2.63. The summed E-state index contributed by atoms with van der Waals surface area (Å²) in [6, 6.07) is 5.95. The van der Waals surface area contributed by atoms with Crippen molar-refractivity contribution < 1.29 is 32.2 Å². The van der Waals surface area contributed by atoms with Crippen LogP contribution >= 0.6 is 11.8 Å². The number of nitrogens with one attached hydrogen (secondary N) is 1. The summed E-state index contributed by atoms with van der Waals surface area (Å²) < 4.78 is 62.4. The van der Waals surface area contributed by atoms with Gasteiger partial charge in [0.2, 0.25) is 0 Å². The zero-order valence-corrected chi connectivity index (χ0v) is 24.4. The van der Waals surface area contributed by atoms with Crippen LogP contribution in [0.4, 0.5) is 22.0 Å². The maximum Gasteiger partial charge on any atom is 0.453 e. The summed E-state index contributed by atoms with van der Waals surface area (Å²) in [7, 11) is 0. The Bertz CT molecular complexity index is 960. The van der Waals surface area contributed by atoms with Crippen LogP contribution in [0, 0.1) is 23.2 Å². The first-order valence-corrected chi connectivity index (χ1v) is 16.3. The molecule has 2 fully saturated rings. The van der Waals surface area contributed by atoms with E-state index >= 15 is 0 Å². The van der Waals surface area contributed by atoms with Crippen molar-refractivity contribution in [2.75, 3.05) is 24.6 Å². The first kappa shape index (κ1) is 31.9. The van der Waals surface area contributed by atoms with Crippen LogP contribution in [0.3, 0.4) is 0 Å². The monoisotopic (exact) mass is 591 g/mol. The van der Waals surface area contributed by atoms with E-state index in [1.165, 1.54) is 22.9 Å². The Labute approximate surface area is 240 Å². The van der Waals surface area contributed by atoms with E-state index in [-0.39, 0.29) is 17.9 Å². The normalized spacial score (nSPS) is 30.1. The van der Waals surface area contributed by atoms with E-state index in [4.69, 9.17) is 0 Å². The van der Waals surface area contributed by atoms with E-state index in [1.807, 2.05) is 12.1 Å². The van der Waals surface area contributed by atoms with Crippen LogP contribution in [0.1, 0.15) is 94.6 Å². The second-order valence-corrected chi connectivity index (χ2v) is 13.9. The molecule has 3 nitrogen and oxygen atoms in total. The molecule has 5 unspecified atom stereocenters. The largest absolute Gasteiger partial charge is 0.508 e. The maximum absolute atomic E-state index is 12.9. The maximum atomic E-state index is 12.9. The number of aliphatic hydroxyl groups excluding tert-OH is 1. The Balaban J connectivity index is 1.14. The molecule has 0 aliphatic heterocycles. The molecule has 0 saturated heterocycles. The molecule has 0 bridgehead atoms. The molecule has 40 heavy (non-hydrogen) atoms. The van der Waals surface area contributed by atoms with Crippen molar-refractivity contribution in [1.29, 1.82) is 0 Å². The zero-order chi connectivity index (χ0) is 29.0. The standard InChI is InChI=1S/C31H46F5NO2S/c1-29-20-22(7-3-2-4-15-37-16-6-18-40-17-5-14-30(32,33)31(34,35)36)28-24-11-9-23(38)19-21(24)8-10-25(28)26(29)12-13-27(29)39/h9,11,19,22,25-28,37-39H,2-8,10,12-18,20H2,1H3/t22-,25?,26?,27?,28?,29?/m0/s1. The summed E-state index contributed by atoms with van der Waals surface area (Å²) in [6.07, 6.45) is 3.71. The number of rotatable bonds is 14. The van der Waals surface area contributed by atoms with Crippen LogP contribution in [0.25, 0.3) is 0 Å². The van der Waals surface area contributed by atoms with Gasteiger partial charge in [-0.2, -0.15) is 33.7 Å². The highest BCUT2D eigenvalue weighted by Gasteiger charge is 2.57. The highest BCUT2D eigenvalue weighted by atomic mass is 32.2. The van der Waals surface area contributed by atoms with Gasteiger partial charge in [-0.25, -0.2) is 0 Å². The van der Waals surface area contributed by atoms with Gasteiger partial charge in [0.15, 0.2) is 0 Å². The molecule has 3 aliphatic rings. The van der Waals surface area contributed by atoms with Crippen molar-refractivity contribution in [3.8, 4) is 5.75 Å². The third kappa shape index (κ3) is 7.28. The molecule has 9 heteroatoms. The van der Waals surface area contributed by atoms with E-state index in [2.05, 4.69) is 18.3 Å². The van der Waals surface area contributed by atoms with Crippen LogP contribution in [0.15, 0.2) is 18.2 Å². The third-order valence-electron chi connectivity index (χ3n) is 10.0. The zero-order valence-electron chi connectivity index (χ0n) is 23.6. The molecule has 1 aromatic rings. The van der Waals surface area contributed by atoms with Gasteiger partial charge in [0.1, 0.15) is 5.75 Å². The number of alkyl halides is 5. The number of phenolic OH excluding ortho intramolecular Hbond substituents is 1. The van der Waals surface area contributed by atoms with Gasteiger partial charge in [0.05, 0.1) is 6.10 Å². The number of halogens is 5. The molecule has 0 spiro atoms. The minimum absolute atomic E-state index is 0.0129. The molecule has 0 heterocycles. The van der Waals surface area contributed by atoms with Gasteiger partial charge in [-0.15, -0.1) is 0 Å². The number of phenols is 1. The van der Waals surface area contributed by atoms with Gasteiger partial charge < -0.3 is 15.5 Å². The fourth-order valence-corrected chi connectivity index (χ4v) is 8.93. The molecular formula is C31H46F5NO2S. The first-order chi connectivity index (χ1) is 18.9. The smallest absolute Gasteiger partial charge is 0.453 e. The van der Waals surface area contributed by atoms with Gasteiger partial charge >= 0.3 is 12.1 Å². The molecule has 4 rings (SSSR count). The predicted octanol–water partition coefficient (Wildman–Crippen LogP) is 8.09. The fourth-order valence-electron chi connectivity index (χ4n) is 8.03. The van der Waals surface area contributed by atoms with Gasteiger partial charge in [0, 0.05) is 6.42 Å². The van der Waals surface area contributed by atoms with Crippen molar-refractivity contribution >= 4 is 11.8 Å². The molecule has 6 atom stereocenters. The predicted molar refractivity (Wildman–Crippen MR) is 151 cm³/mol. The number of aryl methyl sites for hydroxylation is 1. The van der Waals surface area contributed by atoms with Crippen molar-refractivity contribution in [1.82, 2.24) is 5.32 Å². The molecule has 0 aromatic heterocycles. The van der Waals surface area contributed by atoms with Crippen molar-refractivity contribution in [2.24, 2.45) is 23.2 Å².